The Morgan fingerprint density at radius 1 is 1.17 bits per heavy atom. The molecule has 1 saturated heterocycles. The van der Waals surface area contributed by atoms with Gasteiger partial charge in [-0.1, -0.05) is 26.7 Å². The quantitative estimate of drug-likeness (QED) is 0.825. The number of nitrogens with zero attached hydrogens (tertiary/aromatic N) is 1. The van der Waals surface area contributed by atoms with Gasteiger partial charge in [0.2, 0.25) is 0 Å². The largest absolute Gasteiger partial charge is 0.308 e. The van der Waals surface area contributed by atoms with Crippen LogP contribution in [-0.2, 0) is 0 Å². The van der Waals surface area contributed by atoms with Crippen molar-refractivity contribution in [3.05, 3.63) is 0 Å². The van der Waals surface area contributed by atoms with Crippen molar-refractivity contribution in [2.24, 2.45) is 5.92 Å². The zero-order chi connectivity index (χ0) is 13.2. The molecule has 0 aromatic heterocycles. The molecule has 0 radical (unpaired) electrons. The van der Waals surface area contributed by atoms with Crippen LogP contribution in [0.3, 0.4) is 0 Å². The Kier molecular flexibility index (Phi) is 4.38. The lowest BCUT2D eigenvalue weighted by Gasteiger charge is -2.51. The highest BCUT2D eigenvalue weighted by molar-refractivity contribution is 5.04. The van der Waals surface area contributed by atoms with Gasteiger partial charge < -0.3 is 5.32 Å². The summed E-state index contributed by atoms with van der Waals surface area (Å²) < 4.78 is 0. The smallest absolute Gasteiger partial charge is 0.0309 e. The average molecular weight is 252 g/mol. The maximum atomic E-state index is 3.87. The van der Waals surface area contributed by atoms with E-state index in [0.29, 0.717) is 11.1 Å². The summed E-state index contributed by atoms with van der Waals surface area (Å²) in [7, 11) is 0. The lowest BCUT2D eigenvalue weighted by molar-refractivity contribution is 0.0265. The van der Waals surface area contributed by atoms with Crippen LogP contribution in [0.25, 0.3) is 0 Å². The van der Waals surface area contributed by atoms with E-state index in [1.807, 2.05) is 0 Å². The van der Waals surface area contributed by atoms with Crippen LogP contribution in [-0.4, -0.2) is 35.6 Å². The van der Waals surface area contributed by atoms with E-state index in [9.17, 15) is 0 Å². The SMILES string of the molecule is CC(C)CCCN1CC2(CCCC2)NCC1(C)C. The summed E-state index contributed by atoms with van der Waals surface area (Å²) in [6.07, 6.45) is 8.36. The third kappa shape index (κ3) is 3.27. The third-order valence-electron chi connectivity index (χ3n) is 5.02. The Balaban J connectivity index is 1.91. The molecular formula is C16H32N2. The Labute approximate surface area is 114 Å². The van der Waals surface area contributed by atoms with Crippen LogP contribution in [0.4, 0.5) is 0 Å². The van der Waals surface area contributed by atoms with Crippen LogP contribution < -0.4 is 5.32 Å². The predicted molar refractivity (Wildman–Crippen MR) is 78.9 cm³/mol. The molecule has 0 amide bonds. The first-order chi connectivity index (χ1) is 8.44. The summed E-state index contributed by atoms with van der Waals surface area (Å²) in [5.41, 5.74) is 0.804. The summed E-state index contributed by atoms with van der Waals surface area (Å²) in [4.78, 5) is 2.76. The molecular weight excluding hydrogens is 220 g/mol. The van der Waals surface area contributed by atoms with Crippen molar-refractivity contribution in [2.45, 2.75) is 77.3 Å². The van der Waals surface area contributed by atoms with Gasteiger partial charge in [0, 0.05) is 24.2 Å². The fraction of sp³-hybridized carbons (Fsp3) is 1.00. The minimum atomic E-state index is 0.338. The molecule has 0 atom stereocenters. The lowest BCUT2D eigenvalue weighted by atomic mass is 9.87. The molecule has 1 N–H and O–H groups in total. The molecule has 1 spiro atoms. The Morgan fingerprint density at radius 2 is 1.83 bits per heavy atom. The van der Waals surface area contributed by atoms with E-state index in [-0.39, 0.29) is 0 Å². The zero-order valence-electron chi connectivity index (χ0n) is 12.9. The first-order valence-electron chi connectivity index (χ1n) is 7.94. The van der Waals surface area contributed by atoms with Crippen LogP contribution in [0, 0.1) is 5.92 Å². The number of rotatable bonds is 4. The zero-order valence-corrected chi connectivity index (χ0v) is 12.9. The Bertz CT molecular complexity index is 264. The number of nitrogens with one attached hydrogen (secondary N) is 1. The molecule has 1 aliphatic carbocycles. The number of hydrogen-bond donors (Lipinski definition) is 1. The summed E-state index contributed by atoms with van der Waals surface area (Å²) >= 11 is 0. The minimum absolute atomic E-state index is 0.338. The average Bonchev–Trinajstić information content (AvgIpc) is 2.72. The molecule has 2 fully saturated rings. The van der Waals surface area contributed by atoms with Crippen molar-refractivity contribution < 1.29 is 0 Å². The molecule has 0 aromatic rings. The normalized spacial score (nSPS) is 27.2. The van der Waals surface area contributed by atoms with E-state index >= 15 is 0 Å². The molecule has 106 valence electrons. The topological polar surface area (TPSA) is 15.3 Å². The summed E-state index contributed by atoms with van der Waals surface area (Å²) in [5.74, 6) is 0.844. The van der Waals surface area contributed by atoms with Crippen LogP contribution in [0.1, 0.15) is 66.2 Å². The summed E-state index contributed by atoms with van der Waals surface area (Å²) in [6, 6.07) is 0. The molecule has 0 unspecified atom stereocenters. The monoisotopic (exact) mass is 252 g/mol. The van der Waals surface area contributed by atoms with Gasteiger partial charge in [-0.2, -0.15) is 0 Å². The first kappa shape index (κ1) is 14.3. The molecule has 2 nitrogen and oxygen atoms in total. The van der Waals surface area contributed by atoms with Crippen molar-refractivity contribution in [3.63, 3.8) is 0 Å². The maximum absolute atomic E-state index is 3.87. The summed E-state index contributed by atoms with van der Waals surface area (Å²) in [5, 5.41) is 3.87. The van der Waals surface area contributed by atoms with E-state index in [4.69, 9.17) is 0 Å². The van der Waals surface area contributed by atoms with E-state index < -0.39 is 0 Å². The Hall–Kier alpha value is -0.0800. The van der Waals surface area contributed by atoms with Crippen molar-refractivity contribution >= 4 is 0 Å². The molecule has 2 heteroatoms. The van der Waals surface area contributed by atoms with E-state index in [0.717, 1.165) is 12.5 Å². The van der Waals surface area contributed by atoms with Crippen LogP contribution in [0.5, 0.6) is 0 Å². The van der Waals surface area contributed by atoms with Gasteiger partial charge in [-0.15, -0.1) is 0 Å². The molecule has 2 aliphatic rings. The van der Waals surface area contributed by atoms with Gasteiger partial charge >= 0.3 is 0 Å². The highest BCUT2D eigenvalue weighted by atomic mass is 15.3. The van der Waals surface area contributed by atoms with Crippen molar-refractivity contribution in [1.29, 1.82) is 0 Å². The summed E-state index contributed by atoms with van der Waals surface area (Å²) in [6.45, 7) is 13.2. The molecule has 1 saturated carbocycles. The molecule has 0 bridgehead atoms. The lowest BCUT2D eigenvalue weighted by Crippen LogP contribution is -2.67. The second kappa shape index (κ2) is 5.50. The standard InChI is InChI=1S/C16H32N2/c1-14(2)8-7-11-18-13-16(9-5-6-10-16)17-12-15(18,3)4/h14,17H,5-13H2,1-4H3. The molecule has 1 heterocycles. The van der Waals surface area contributed by atoms with Crippen molar-refractivity contribution in [3.8, 4) is 0 Å². The van der Waals surface area contributed by atoms with Gasteiger partial charge in [-0.05, 0) is 52.0 Å². The van der Waals surface area contributed by atoms with E-state index in [2.05, 4.69) is 37.9 Å². The van der Waals surface area contributed by atoms with E-state index in [1.165, 1.54) is 51.6 Å². The van der Waals surface area contributed by atoms with E-state index in [1.54, 1.807) is 0 Å². The second-order valence-electron chi connectivity index (χ2n) is 7.61. The fourth-order valence-corrected chi connectivity index (χ4v) is 3.61. The third-order valence-corrected chi connectivity index (χ3v) is 5.02. The van der Waals surface area contributed by atoms with Gasteiger partial charge in [-0.3, -0.25) is 4.90 Å². The Morgan fingerprint density at radius 3 is 2.44 bits per heavy atom. The predicted octanol–water partition coefficient (Wildman–Crippen LogP) is 3.42. The molecule has 18 heavy (non-hydrogen) atoms. The highest BCUT2D eigenvalue weighted by Crippen LogP contribution is 2.35. The number of hydrogen-bond acceptors (Lipinski definition) is 2. The minimum Gasteiger partial charge on any atom is -0.308 e. The van der Waals surface area contributed by atoms with Crippen molar-refractivity contribution in [2.75, 3.05) is 19.6 Å². The van der Waals surface area contributed by atoms with Gasteiger partial charge in [-0.25, -0.2) is 0 Å². The number of piperazine rings is 1. The highest BCUT2D eigenvalue weighted by Gasteiger charge is 2.43. The van der Waals surface area contributed by atoms with Crippen LogP contribution in [0.15, 0.2) is 0 Å². The van der Waals surface area contributed by atoms with Crippen LogP contribution in [0.2, 0.25) is 0 Å². The second-order valence-corrected chi connectivity index (χ2v) is 7.61. The maximum Gasteiger partial charge on any atom is 0.0309 e. The molecule has 1 aliphatic heterocycles. The van der Waals surface area contributed by atoms with Gasteiger partial charge in [0.1, 0.15) is 0 Å². The van der Waals surface area contributed by atoms with Gasteiger partial charge in [0.15, 0.2) is 0 Å². The van der Waals surface area contributed by atoms with Gasteiger partial charge in [0.05, 0.1) is 0 Å². The molecule has 0 aromatic carbocycles. The van der Waals surface area contributed by atoms with Crippen LogP contribution >= 0.6 is 0 Å². The fourth-order valence-electron chi connectivity index (χ4n) is 3.61. The van der Waals surface area contributed by atoms with Crippen molar-refractivity contribution in [1.82, 2.24) is 10.2 Å². The molecule has 2 rings (SSSR count). The first-order valence-corrected chi connectivity index (χ1v) is 7.94. The van der Waals surface area contributed by atoms with Gasteiger partial charge in [0.25, 0.3) is 0 Å².